The molecule has 0 spiro atoms. The van der Waals surface area contributed by atoms with Crippen LogP contribution in [0.3, 0.4) is 0 Å². The van der Waals surface area contributed by atoms with Gasteiger partial charge in [0.1, 0.15) is 12.4 Å². The van der Waals surface area contributed by atoms with Crippen LogP contribution in [0.2, 0.25) is 0 Å². The van der Waals surface area contributed by atoms with Gasteiger partial charge < -0.3 is 10.1 Å². The fourth-order valence-electron chi connectivity index (χ4n) is 2.64. The summed E-state index contributed by atoms with van der Waals surface area (Å²) in [4.78, 5) is 17.8. The van der Waals surface area contributed by atoms with E-state index in [0.29, 0.717) is 17.5 Å². The quantitative estimate of drug-likeness (QED) is 0.716. The molecule has 1 aliphatic rings. The first kappa shape index (κ1) is 16.2. The Morgan fingerprint density at radius 3 is 2.84 bits per heavy atom. The van der Waals surface area contributed by atoms with Crippen LogP contribution in [0.4, 0.5) is 5.13 Å². The zero-order valence-corrected chi connectivity index (χ0v) is 15.0. The Kier molecular flexibility index (Phi) is 4.72. The number of anilines is 1. The van der Waals surface area contributed by atoms with Crippen LogP contribution in [-0.4, -0.2) is 16.6 Å². The van der Waals surface area contributed by atoms with E-state index in [1.54, 1.807) is 11.8 Å². The lowest BCUT2D eigenvalue weighted by Gasteiger charge is -2.15. The molecule has 0 aliphatic carbocycles. The van der Waals surface area contributed by atoms with Crippen LogP contribution in [0, 0.1) is 0 Å². The molecule has 1 aromatic heterocycles. The van der Waals surface area contributed by atoms with E-state index in [9.17, 15) is 4.79 Å². The maximum atomic E-state index is 12.2. The number of rotatable bonds is 5. The van der Waals surface area contributed by atoms with E-state index in [1.807, 2.05) is 42.5 Å². The number of fused-ring (bicyclic) bond motifs is 3. The van der Waals surface area contributed by atoms with Crippen LogP contribution in [0.25, 0.3) is 11.3 Å². The minimum atomic E-state index is -0.0266. The van der Waals surface area contributed by atoms with Gasteiger partial charge in [0, 0.05) is 11.3 Å². The number of hydrogen-bond donors (Lipinski definition) is 1. The minimum absolute atomic E-state index is 0.0266. The summed E-state index contributed by atoms with van der Waals surface area (Å²) in [6.45, 7) is 0.503. The Balaban J connectivity index is 1.38. The molecule has 0 unspecified atom stereocenters. The van der Waals surface area contributed by atoms with Gasteiger partial charge in [0.05, 0.1) is 16.3 Å². The van der Waals surface area contributed by atoms with Crippen molar-refractivity contribution in [2.24, 2.45) is 0 Å². The zero-order chi connectivity index (χ0) is 17.1. The van der Waals surface area contributed by atoms with Crippen LogP contribution in [0.15, 0.2) is 54.6 Å². The highest BCUT2D eigenvalue weighted by Crippen LogP contribution is 2.40. The maximum absolute atomic E-state index is 12.2. The van der Waals surface area contributed by atoms with E-state index in [2.05, 4.69) is 22.4 Å². The molecular formula is C19H16N2O2S2. The third-order valence-corrected chi connectivity index (χ3v) is 5.74. The molecule has 0 bridgehead atoms. The van der Waals surface area contributed by atoms with Crippen LogP contribution >= 0.6 is 23.1 Å². The first-order valence-electron chi connectivity index (χ1n) is 7.93. The summed E-state index contributed by atoms with van der Waals surface area (Å²) in [5.74, 6) is 2.05. The van der Waals surface area contributed by atoms with Gasteiger partial charge in [-0.3, -0.25) is 4.79 Å². The number of carbonyl (C=O) groups excluding carboxylic acids is 1. The summed E-state index contributed by atoms with van der Waals surface area (Å²) >= 11 is 3.08. The number of amides is 1. The molecule has 1 amide bonds. The molecule has 2 heterocycles. The lowest BCUT2D eigenvalue weighted by atomic mass is 10.1. The first-order chi connectivity index (χ1) is 12.3. The average molecular weight is 368 g/mol. The number of thiazole rings is 1. The van der Waals surface area contributed by atoms with E-state index < -0.39 is 0 Å². The summed E-state index contributed by atoms with van der Waals surface area (Å²) in [6.07, 6.45) is 0. The number of ether oxygens (including phenoxy) is 1. The average Bonchev–Trinajstić information content (AvgIpc) is 3.05. The summed E-state index contributed by atoms with van der Waals surface area (Å²) in [7, 11) is 0. The summed E-state index contributed by atoms with van der Waals surface area (Å²) in [6, 6.07) is 18.0. The van der Waals surface area contributed by atoms with Gasteiger partial charge in [0.15, 0.2) is 5.13 Å². The minimum Gasteiger partial charge on any atom is -0.487 e. The molecule has 2 aromatic carbocycles. The van der Waals surface area contributed by atoms with E-state index in [0.717, 1.165) is 27.6 Å². The predicted octanol–water partition coefficient (Wildman–Crippen LogP) is 4.57. The molecule has 0 saturated heterocycles. The van der Waals surface area contributed by atoms with Crippen molar-refractivity contribution in [1.82, 2.24) is 4.98 Å². The van der Waals surface area contributed by atoms with Crippen molar-refractivity contribution in [3.05, 3.63) is 65.0 Å². The fourth-order valence-corrected chi connectivity index (χ4v) is 4.33. The summed E-state index contributed by atoms with van der Waals surface area (Å²) < 4.78 is 5.74. The molecule has 3 aromatic rings. The Bertz CT molecular complexity index is 893. The van der Waals surface area contributed by atoms with Gasteiger partial charge in [0.25, 0.3) is 0 Å². The van der Waals surface area contributed by atoms with Gasteiger partial charge in [-0.2, -0.15) is 0 Å². The van der Waals surface area contributed by atoms with Crippen molar-refractivity contribution in [1.29, 1.82) is 0 Å². The van der Waals surface area contributed by atoms with E-state index in [1.165, 1.54) is 16.9 Å². The third-order valence-electron chi connectivity index (χ3n) is 3.79. The molecule has 0 saturated carbocycles. The molecule has 25 heavy (non-hydrogen) atoms. The van der Waals surface area contributed by atoms with Crippen molar-refractivity contribution in [2.45, 2.75) is 12.4 Å². The second-order valence-electron chi connectivity index (χ2n) is 5.60. The second kappa shape index (κ2) is 7.29. The largest absolute Gasteiger partial charge is 0.487 e. The zero-order valence-electron chi connectivity index (χ0n) is 13.4. The van der Waals surface area contributed by atoms with Crippen LogP contribution in [-0.2, 0) is 17.2 Å². The van der Waals surface area contributed by atoms with Gasteiger partial charge >= 0.3 is 0 Å². The monoisotopic (exact) mass is 368 g/mol. The number of nitrogens with zero attached hydrogens (tertiary/aromatic N) is 1. The molecular weight excluding hydrogens is 352 g/mol. The highest BCUT2D eigenvalue weighted by atomic mass is 32.2. The summed E-state index contributed by atoms with van der Waals surface area (Å²) in [5.41, 5.74) is 3.12. The lowest BCUT2D eigenvalue weighted by Crippen LogP contribution is -2.13. The Hall–Kier alpha value is -2.31. The standard InChI is InChI=1S/C19H16N2O2S2/c22-17(12-24-11-13-6-2-1-3-7-13)20-19-21-18-14-8-4-5-9-15(14)23-10-16(18)25-19/h1-9H,10-12H2,(H,20,21,22). The Morgan fingerprint density at radius 1 is 1.16 bits per heavy atom. The number of benzene rings is 2. The topological polar surface area (TPSA) is 51.2 Å². The number of hydrogen-bond acceptors (Lipinski definition) is 5. The molecule has 0 radical (unpaired) electrons. The van der Waals surface area contributed by atoms with Crippen LogP contribution in [0.5, 0.6) is 5.75 Å². The van der Waals surface area contributed by atoms with Crippen molar-refractivity contribution in [2.75, 3.05) is 11.1 Å². The normalized spacial score (nSPS) is 12.0. The Morgan fingerprint density at radius 2 is 1.96 bits per heavy atom. The third kappa shape index (κ3) is 3.70. The van der Waals surface area contributed by atoms with E-state index in [-0.39, 0.29) is 5.91 Å². The molecule has 4 nitrogen and oxygen atoms in total. The maximum Gasteiger partial charge on any atom is 0.236 e. The van der Waals surface area contributed by atoms with E-state index in [4.69, 9.17) is 4.74 Å². The number of carbonyl (C=O) groups is 1. The molecule has 0 fully saturated rings. The van der Waals surface area contributed by atoms with Crippen molar-refractivity contribution in [3.63, 3.8) is 0 Å². The number of nitrogens with one attached hydrogen (secondary N) is 1. The van der Waals surface area contributed by atoms with E-state index >= 15 is 0 Å². The smallest absolute Gasteiger partial charge is 0.236 e. The second-order valence-corrected chi connectivity index (χ2v) is 7.67. The van der Waals surface area contributed by atoms with Crippen molar-refractivity contribution >= 4 is 34.1 Å². The highest BCUT2D eigenvalue weighted by Gasteiger charge is 2.22. The SMILES string of the molecule is O=C(CSCc1ccccc1)Nc1nc2c(s1)COc1ccccc1-2. The van der Waals surface area contributed by atoms with Crippen LogP contribution < -0.4 is 10.1 Å². The number of para-hydroxylation sites is 1. The van der Waals surface area contributed by atoms with Gasteiger partial charge in [-0.1, -0.05) is 53.8 Å². The first-order valence-corrected chi connectivity index (χ1v) is 9.90. The Labute approximate surface area is 154 Å². The molecule has 4 rings (SSSR count). The highest BCUT2D eigenvalue weighted by molar-refractivity contribution is 7.99. The summed E-state index contributed by atoms with van der Waals surface area (Å²) in [5, 5.41) is 3.54. The van der Waals surface area contributed by atoms with Crippen molar-refractivity contribution < 1.29 is 9.53 Å². The molecule has 1 N–H and O–H groups in total. The molecule has 1 aliphatic heterocycles. The fraction of sp³-hybridized carbons (Fsp3) is 0.158. The van der Waals surface area contributed by atoms with Gasteiger partial charge in [-0.05, 0) is 17.7 Å². The van der Waals surface area contributed by atoms with Gasteiger partial charge in [0.2, 0.25) is 5.91 Å². The van der Waals surface area contributed by atoms with Crippen LogP contribution in [0.1, 0.15) is 10.4 Å². The molecule has 0 atom stereocenters. The number of aromatic nitrogens is 1. The van der Waals surface area contributed by atoms with Gasteiger partial charge in [-0.15, -0.1) is 11.8 Å². The van der Waals surface area contributed by atoms with Crippen molar-refractivity contribution in [3.8, 4) is 17.0 Å². The predicted molar refractivity (Wildman–Crippen MR) is 103 cm³/mol. The molecule has 126 valence electrons. The molecule has 6 heteroatoms. The number of thioether (sulfide) groups is 1. The van der Waals surface area contributed by atoms with Gasteiger partial charge in [-0.25, -0.2) is 4.98 Å². The lowest BCUT2D eigenvalue weighted by molar-refractivity contribution is -0.113.